The van der Waals surface area contributed by atoms with Crippen LogP contribution in [0.5, 0.6) is 17.2 Å². The van der Waals surface area contributed by atoms with Gasteiger partial charge in [0.05, 0.1) is 6.61 Å². The molecule has 3 aromatic rings. The van der Waals surface area contributed by atoms with Gasteiger partial charge in [-0.05, 0) is 95.0 Å². The molecule has 0 amide bonds. The Morgan fingerprint density at radius 1 is 0.519 bits per heavy atom. The molecule has 0 fully saturated rings. The van der Waals surface area contributed by atoms with Crippen LogP contribution in [0.15, 0.2) is 97.1 Å². The summed E-state index contributed by atoms with van der Waals surface area (Å²) in [7, 11) is 0. The topological polar surface area (TPSA) is 114 Å². The van der Waals surface area contributed by atoms with Crippen LogP contribution in [0.25, 0.3) is 0 Å². The summed E-state index contributed by atoms with van der Waals surface area (Å²) in [6.45, 7) is 21.5. The highest BCUT2D eigenvalue weighted by atomic mass is 19.1. The number of carbonyl (C=O) groups excluding carboxylic acids is 4. The molecule has 0 saturated heterocycles. The zero-order valence-electron chi connectivity index (χ0n) is 30.2. The first-order valence-electron chi connectivity index (χ1n) is 15.9. The molecule has 0 unspecified atom stereocenters. The molecule has 0 N–H and O–H groups in total. The van der Waals surface area contributed by atoms with Crippen molar-refractivity contribution in [3.8, 4) is 65.0 Å². The molecule has 3 rings (SSSR count). The van der Waals surface area contributed by atoms with E-state index < -0.39 is 46.8 Å². The molecule has 10 heteroatoms. The van der Waals surface area contributed by atoms with Crippen molar-refractivity contribution in [2.75, 3.05) is 6.61 Å². The molecule has 0 aromatic heterocycles. The standard InChI is InChI=1S/C44H33FO9/c1-10-50-39-36(22-20-32-13-17-34(18-14-32)24-26-52-42(47)28(4)5)38(53-43(48)29(6)7)37(45)35(40(39)54-44(49)30(8)9)21-19-31-11-15-33(16-12-31)23-25-51-41(46)27(2)3/h11-18H,2,4,6,8,10H2,1,3,5,7,9H3. The summed E-state index contributed by atoms with van der Waals surface area (Å²) in [4.78, 5) is 48.8. The van der Waals surface area contributed by atoms with Crippen molar-refractivity contribution >= 4 is 23.9 Å². The van der Waals surface area contributed by atoms with Crippen molar-refractivity contribution in [1.82, 2.24) is 0 Å². The molecule has 0 spiro atoms. The summed E-state index contributed by atoms with van der Waals surface area (Å²) in [5.41, 5.74) is 1.40. The lowest BCUT2D eigenvalue weighted by atomic mass is 10.0. The lowest BCUT2D eigenvalue weighted by Gasteiger charge is -2.18. The molecular formula is C44H33FO9. The average Bonchev–Trinajstić information content (AvgIpc) is 3.13. The lowest BCUT2D eigenvalue weighted by molar-refractivity contribution is -0.133. The van der Waals surface area contributed by atoms with Crippen LogP contribution in [0, 0.1) is 53.6 Å². The van der Waals surface area contributed by atoms with Crippen LogP contribution in [-0.4, -0.2) is 30.5 Å². The quantitative estimate of drug-likeness (QED) is 0.107. The Balaban J connectivity index is 2.21. The van der Waals surface area contributed by atoms with Crippen molar-refractivity contribution in [2.45, 2.75) is 34.6 Å². The van der Waals surface area contributed by atoms with Gasteiger partial charge in [-0.1, -0.05) is 50.0 Å². The van der Waals surface area contributed by atoms with Crippen molar-refractivity contribution in [3.63, 3.8) is 0 Å². The summed E-state index contributed by atoms with van der Waals surface area (Å²) in [6, 6.07) is 12.7. The van der Waals surface area contributed by atoms with E-state index in [0.717, 1.165) is 0 Å². The van der Waals surface area contributed by atoms with Gasteiger partial charge < -0.3 is 23.7 Å². The first kappa shape index (κ1) is 40.9. The molecule has 54 heavy (non-hydrogen) atoms. The summed E-state index contributed by atoms with van der Waals surface area (Å²) >= 11 is 0. The summed E-state index contributed by atoms with van der Waals surface area (Å²) < 4.78 is 43.1. The predicted molar refractivity (Wildman–Crippen MR) is 199 cm³/mol. The zero-order chi connectivity index (χ0) is 39.9. The maximum absolute atomic E-state index is 16.7. The highest BCUT2D eigenvalue weighted by Gasteiger charge is 2.30. The SMILES string of the molecule is C=C(C)C(=O)OC#Cc1ccc(C#Cc2c(F)c(OC(=O)C(=C)C)c(C#Cc3ccc(C#COC(=O)C(=C)C)cc3)c(OCC)c2OC(=O)C(=C)C)cc1. The van der Waals surface area contributed by atoms with Gasteiger partial charge in [0, 0.05) is 44.5 Å². The predicted octanol–water partition coefficient (Wildman–Crippen LogP) is 6.84. The molecule has 0 atom stereocenters. The van der Waals surface area contributed by atoms with Crippen LogP contribution in [0.1, 0.15) is 68.0 Å². The van der Waals surface area contributed by atoms with E-state index in [1.54, 1.807) is 55.5 Å². The van der Waals surface area contributed by atoms with E-state index in [2.05, 4.69) is 74.1 Å². The minimum Gasteiger partial charge on any atom is -0.489 e. The second-order valence-corrected chi connectivity index (χ2v) is 11.3. The molecule has 270 valence electrons. The van der Waals surface area contributed by atoms with Gasteiger partial charge in [-0.15, -0.1) is 0 Å². The lowest BCUT2D eigenvalue weighted by Crippen LogP contribution is -2.16. The number of ether oxygens (including phenoxy) is 5. The van der Waals surface area contributed by atoms with Gasteiger partial charge in [-0.3, -0.25) is 0 Å². The Morgan fingerprint density at radius 3 is 1.24 bits per heavy atom. The second-order valence-electron chi connectivity index (χ2n) is 11.3. The summed E-state index contributed by atoms with van der Waals surface area (Å²) in [5.74, 6) is 10.8. The van der Waals surface area contributed by atoms with Crippen molar-refractivity contribution < 1.29 is 47.3 Å². The number of esters is 4. The van der Waals surface area contributed by atoms with Gasteiger partial charge in [-0.25, -0.2) is 23.6 Å². The third-order valence-electron chi connectivity index (χ3n) is 6.49. The van der Waals surface area contributed by atoms with Gasteiger partial charge in [0.2, 0.25) is 0 Å². The third kappa shape index (κ3) is 11.5. The van der Waals surface area contributed by atoms with E-state index in [1.807, 2.05) is 0 Å². The van der Waals surface area contributed by atoms with Crippen molar-refractivity contribution in [3.05, 3.63) is 136 Å². The highest BCUT2D eigenvalue weighted by molar-refractivity contribution is 5.92. The van der Waals surface area contributed by atoms with Gasteiger partial charge in [-0.2, -0.15) is 0 Å². The molecule has 0 aliphatic carbocycles. The van der Waals surface area contributed by atoms with Crippen LogP contribution < -0.4 is 14.2 Å². The van der Waals surface area contributed by atoms with E-state index in [0.29, 0.717) is 22.3 Å². The van der Waals surface area contributed by atoms with Crippen molar-refractivity contribution in [2.24, 2.45) is 0 Å². The molecule has 0 bridgehead atoms. The van der Waals surface area contributed by atoms with Crippen LogP contribution in [0.2, 0.25) is 0 Å². The molecule has 0 aliphatic rings. The number of rotatable bonds is 8. The largest absolute Gasteiger partial charge is 0.489 e. The molecule has 0 radical (unpaired) electrons. The Hall–Kier alpha value is -7.53. The fourth-order valence-corrected chi connectivity index (χ4v) is 3.69. The van der Waals surface area contributed by atoms with E-state index in [-0.39, 0.29) is 40.2 Å². The monoisotopic (exact) mass is 724 g/mol. The number of carbonyl (C=O) groups is 4. The van der Waals surface area contributed by atoms with Crippen LogP contribution in [-0.2, 0) is 28.7 Å². The summed E-state index contributed by atoms with van der Waals surface area (Å²) in [6.07, 6.45) is 4.60. The van der Waals surface area contributed by atoms with Crippen LogP contribution in [0.3, 0.4) is 0 Å². The van der Waals surface area contributed by atoms with Crippen LogP contribution in [0.4, 0.5) is 4.39 Å². The first-order chi connectivity index (χ1) is 25.6. The highest BCUT2D eigenvalue weighted by Crippen LogP contribution is 2.44. The van der Waals surface area contributed by atoms with Crippen LogP contribution >= 0.6 is 0 Å². The number of benzene rings is 3. The Morgan fingerprint density at radius 2 is 0.870 bits per heavy atom. The van der Waals surface area contributed by atoms with Gasteiger partial charge >= 0.3 is 23.9 Å². The molecule has 0 heterocycles. The number of halogens is 1. The van der Waals surface area contributed by atoms with Gasteiger partial charge in [0.25, 0.3) is 0 Å². The zero-order valence-corrected chi connectivity index (χ0v) is 30.2. The molecule has 9 nitrogen and oxygen atoms in total. The fourth-order valence-electron chi connectivity index (χ4n) is 3.69. The first-order valence-corrected chi connectivity index (χ1v) is 15.9. The van der Waals surface area contributed by atoms with Crippen molar-refractivity contribution in [1.29, 1.82) is 0 Å². The van der Waals surface area contributed by atoms with E-state index in [9.17, 15) is 19.2 Å². The molecule has 0 aliphatic heterocycles. The molecule has 0 saturated carbocycles. The third-order valence-corrected chi connectivity index (χ3v) is 6.49. The Labute approximate surface area is 313 Å². The maximum atomic E-state index is 16.7. The number of hydrogen-bond acceptors (Lipinski definition) is 9. The average molecular weight is 725 g/mol. The minimum atomic E-state index is -1.17. The Bertz CT molecular complexity index is 2330. The van der Waals surface area contributed by atoms with Gasteiger partial charge in [0.15, 0.2) is 23.1 Å². The molecular weight excluding hydrogens is 691 g/mol. The van der Waals surface area contributed by atoms with Gasteiger partial charge in [0.1, 0.15) is 23.3 Å². The minimum absolute atomic E-state index is 0.00777. The van der Waals surface area contributed by atoms with E-state index >= 15 is 4.39 Å². The second kappa shape index (κ2) is 19.2. The molecule has 3 aromatic carbocycles. The Kier molecular flexibility index (Phi) is 14.5. The normalized spacial score (nSPS) is 9.37. The van der Waals surface area contributed by atoms with E-state index in [4.69, 9.17) is 23.7 Å². The summed E-state index contributed by atoms with van der Waals surface area (Å²) in [5, 5.41) is 0. The smallest absolute Gasteiger partial charge is 0.347 e. The van der Waals surface area contributed by atoms with E-state index in [1.165, 1.54) is 27.7 Å². The maximum Gasteiger partial charge on any atom is 0.347 e. The fraction of sp³-hybridized carbons (Fsp3) is 0.136. The number of hydrogen-bond donors (Lipinski definition) is 0.